The Morgan fingerprint density at radius 1 is 1.25 bits per heavy atom. The lowest BCUT2D eigenvalue weighted by molar-refractivity contribution is -0.144. The lowest BCUT2D eigenvalue weighted by atomic mass is 10.1. The van der Waals surface area contributed by atoms with Crippen LogP contribution in [0.5, 0.6) is 0 Å². The number of carbonyl (C=O) groups excluding carboxylic acids is 2. The highest BCUT2D eigenvalue weighted by Crippen LogP contribution is 2.18. The number of imidazole rings is 1. The number of unbranched alkanes of at least 4 members (excludes halogenated alkanes) is 1. The number of aromatic nitrogens is 3. The van der Waals surface area contributed by atoms with Crippen LogP contribution in [0.3, 0.4) is 0 Å². The van der Waals surface area contributed by atoms with Crippen LogP contribution in [0.25, 0.3) is 0 Å². The molecule has 0 aliphatic carbocycles. The first-order valence-corrected chi connectivity index (χ1v) is 13.5. The number of aryl methyl sites for hydroxylation is 2. The largest absolute Gasteiger partial charge is 0.464 e. The highest BCUT2D eigenvalue weighted by molar-refractivity contribution is 8.00. The highest BCUT2D eigenvalue weighted by atomic mass is 32.2. The predicted octanol–water partition coefficient (Wildman–Crippen LogP) is 2.95. The van der Waals surface area contributed by atoms with Gasteiger partial charge in [-0.25, -0.2) is 4.98 Å². The summed E-state index contributed by atoms with van der Waals surface area (Å²) < 4.78 is 17.2. The number of esters is 1. The second-order valence-corrected chi connectivity index (χ2v) is 9.76. The molecular weight excluding hydrogens is 482 g/mol. The zero-order valence-electron chi connectivity index (χ0n) is 21.4. The number of nitrogens with one attached hydrogen (secondary N) is 2. The summed E-state index contributed by atoms with van der Waals surface area (Å²) >= 11 is 1.45. The Morgan fingerprint density at radius 2 is 2.08 bits per heavy atom. The highest BCUT2D eigenvalue weighted by Gasteiger charge is 2.16. The van der Waals surface area contributed by atoms with Crippen LogP contribution in [0.15, 0.2) is 23.3 Å². The number of hydrogen-bond acceptors (Lipinski definition) is 8. The van der Waals surface area contributed by atoms with Crippen LogP contribution in [0.2, 0.25) is 0 Å². The third kappa shape index (κ3) is 8.12. The fraction of sp³-hybridized carbons (Fsp3) is 0.600. The van der Waals surface area contributed by atoms with Crippen molar-refractivity contribution in [3.8, 4) is 0 Å². The topological polar surface area (TPSA) is 116 Å². The van der Waals surface area contributed by atoms with E-state index < -0.39 is 0 Å². The number of hydrogen-bond donors (Lipinski definition) is 2. The van der Waals surface area contributed by atoms with Crippen LogP contribution >= 0.6 is 11.9 Å². The van der Waals surface area contributed by atoms with Crippen LogP contribution in [-0.4, -0.2) is 51.1 Å². The molecule has 0 spiro atoms. The van der Waals surface area contributed by atoms with Gasteiger partial charge < -0.3 is 28.6 Å². The monoisotopic (exact) mass is 519 g/mol. The van der Waals surface area contributed by atoms with Gasteiger partial charge in [0.2, 0.25) is 5.91 Å². The standard InChI is InChI=1S/C25H37N5O5S/c1-4-5-11-35-24(32)15-29-17-27-19(3)22(29)13-26-23(31)14-30-18(2)9-10-21(25(30)33)28-36-16-20-8-6-7-12-34-20/h9-10,17,20,28H,4-8,11-16H2,1-3H3,(H,26,31). The molecule has 0 aromatic carbocycles. The third-order valence-electron chi connectivity index (χ3n) is 6.09. The molecule has 1 unspecified atom stereocenters. The Hall–Kier alpha value is -2.79. The van der Waals surface area contributed by atoms with Crippen molar-refractivity contribution in [1.82, 2.24) is 19.4 Å². The van der Waals surface area contributed by atoms with Crippen molar-refractivity contribution in [2.24, 2.45) is 0 Å². The maximum Gasteiger partial charge on any atom is 0.325 e. The molecule has 36 heavy (non-hydrogen) atoms. The molecule has 2 N–H and O–H groups in total. The van der Waals surface area contributed by atoms with Gasteiger partial charge in [0.25, 0.3) is 5.56 Å². The number of pyridine rings is 1. The molecule has 1 saturated heterocycles. The van der Waals surface area contributed by atoms with Gasteiger partial charge in [0.15, 0.2) is 0 Å². The fourth-order valence-corrected chi connectivity index (χ4v) is 4.71. The van der Waals surface area contributed by atoms with E-state index in [1.54, 1.807) is 23.9 Å². The minimum Gasteiger partial charge on any atom is -0.464 e. The van der Waals surface area contributed by atoms with E-state index in [-0.39, 0.29) is 43.2 Å². The van der Waals surface area contributed by atoms with E-state index in [2.05, 4.69) is 15.0 Å². The molecule has 1 aliphatic rings. The second kappa shape index (κ2) is 14.1. The lowest BCUT2D eigenvalue weighted by Crippen LogP contribution is -2.34. The average molecular weight is 520 g/mol. The van der Waals surface area contributed by atoms with Gasteiger partial charge >= 0.3 is 5.97 Å². The summed E-state index contributed by atoms with van der Waals surface area (Å²) in [7, 11) is 0. The van der Waals surface area contributed by atoms with Gasteiger partial charge in [0, 0.05) is 18.1 Å². The zero-order valence-corrected chi connectivity index (χ0v) is 22.2. The van der Waals surface area contributed by atoms with Crippen molar-refractivity contribution < 1.29 is 19.1 Å². The molecule has 0 saturated carbocycles. The molecule has 1 atom stereocenters. The molecule has 198 valence electrons. The summed E-state index contributed by atoms with van der Waals surface area (Å²) in [5.74, 6) is 0.110. The molecule has 2 aromatic rings. The van der Waals surface area contributed by atoms with Gasteiger partial charge in [-0.1, -0.05) is 13.3 Å². The van der Waals surface area contributed by atoms with Crippen molar-refractivity contribution in [2.75, 3.05) is 23.7 Å². The van der Waals surface area contributed by atoms with E-state index in [0.717, 1.165) is 49.4 Å². The fourth-order valence-electron chi connectivity index (χ4n) is 3.87. The van der Waals surface area contributed by atoms with Gasteiger partial charge in [0.05, 0.1) is 37.0 Å². The summed E-state index contributed by atoms with van der Waals surface area (Å²) in [6.45, 7) is 6.95. The normalized spacial score (nSPS) is 15.5. The van der Waals surface area contributed by atoms with Gasteiger partial charge in [-0.05, 0) is 63.6 Å². The van der Waals surface area contributed by atoms with E-state index in [9.17, 15) is 14.4 Å². The summed E-state index contributed by atoms with van der Waals surface area (Å²) in [6.07, 6.45) is 6.84. The first kappa shape index (κ1) is 27.8. The van der Waals surface area contributed by atoms with Gasteiger partial charge in [0.1, 0.15) is 18.8 Å². The summed E-state index contributed by atoms with van der Waals surface area (Å²) in [6, 6.07) is 3.56. The number of anilines is 1. The summed E-state index contributed by atoms with van der Waals surface area (Å²) in [4.78, 5) is 42.1. The summed E-state index contributed by atoms with van der Waals surface area (Å²) in [5.41, 5.74) is 2.31. The van der Waals surface area contributed by atoms with Crippen LogP contribution < -0.4 is 15.6 Å². The van der Waals surface area contributed by atoms with Crippen molar-refractivity contribution in [3.05, 3.63) is 45.9 Å². The van der Waals surface area contributed by atoms with Crippen LogP contribution in [0, 0.1) is 13.8 Å². The molecule has 1 aliphatic heterocycles. The molecule has 10 nitrogen and oxygen atoms in total. The van der Waals surface area contributed by atoms with Gasteiger partial charge in [-0.15, -0.1) is 0 Å². The minimum absolute atomic E-state index is 0.0333. The van der Waals surface area contributed by atoms with Gasteiger partial charge in [-0.3, -0.25) is 14.4 Å². The van der Waals surface area contributed by atoms with Crippen molar-refractivity contribution in [1.29, 1.82) is 0 Å². The average Bonchev–Trinajstić information content (AvgIpc) is 3.21. The first-order chi connectivity index (χ1) is 17.4. The SMILES string of the molecule is CCCCOC(=O)Cn1cnc(C)c1CNC(=O)Cn1c(C)ccc(NSCC2CCCCO2)c1=O. The number of rotatable bonds is 13. The quantitative estimate of drug-likeness (QED) is 0.236. The molecule has 2 aromatic heterocycles. The van der Waals surface area contributed by atoms with Crippen molar-refractivity contribution in [3.63, 3.8) is 0 Å². The second-order valence-electron chi connectivity index (χ2n) is 8.94. The Bertz CT molecular complexity index is 1080. The zero-order chi connectivity index (χ0) is 25.9. The number of carbonyl (C=O) groups is 2. The maximum absolute atomic E-state index is 13.0. The van der Waals surface area contributed by atoms with Crippen LogP contribution in [0.1, 0.15) is 56.1 Å². The smallest absolute Gasteiger partial charge is 0.325 e. The lowest BCUT2D eigenvalue weighted by Gasteiger charge is -2.22. The Kier molecular flexibility index (Phi) is 10.9. The number of nitrogens with zero attached hydrogens (tertiary/aromatic N) is 3. The molecule has 1 fully saturated rings. The predicted molar refractivity (Wildman–Crippen MR) is 140 cm³/mol. The molecule has 0 bridgehead atoms. The number of ether oxygens (including phenoxy) is 2. The van der Waals surface area contributed by atoms with Crippen molar-refractivity contribution >= 4 is 29.5 Å². The summed E-state index contributed by atoms with van der Waals surface area (Å²) in [5, 5.41) is 2.85. The van der Waals surface area contributed by atoms with E-state index in [1.807, 2.05) is 19.9 Å². The molecule has 11 heteroatoms. The number of amides is 1. The van der Waals surface area contributed by atoms with Crippen LogP contribution in [-0.2, 0) is 38.7 Å². The van der Waals surface area contributed by atoms with Crippen LogP contribution in [0.4, 0.5) is 5.69 Å². The molecule has 1 amide bonds. The minimum atomic E-state index is -0.340. The Balaban J connectivity index is 1.54. The Labute approximate surface area is 216 Å². The third-order valence-corrected chi connectivity index (χ3v) is 6.99. The molecule has 3 rings (SSSR count). The van der Waals surface area contributed by atoms with Crippen molar-refractivity contribution in [2.45, 2.75) is 78.6 Å². The molecule has 3 heterocycles. The van der Waals surface area contributed by atoms with E-state index in [1.165, 1.54) is 22.9 Å². The molecular formula is C25H37N5O5S. The Morgan fingerprint density at radius 3 is 2.83 bits per heavy atom. The van der Waals surface area contributed by atoms with Gasteiger partial charge in [-0.2, -0.15) is 0 Å². The molecule has 0 radical (unpaired) electrons. The maximum atomic E-state index is 13.0. The van der Waals surface area contributed by atoms with E-state index >= 15 is 0 Å². The van der Waals surface area contributed by atoms with E-state index in [4.69, 9.17) is 9.47 Å². The van der Waals surface area contributed by atoms with E-state index in [0.29, 0.717) is 18.0 Å². The first-order valence-electron chi connectivity index (χ1n) is 12.5.